The van der Waals surface area contributed by atoms with E-state index >= 15 is 0 Å². The van der Waals surface area contributed by atoms with Gasteiger partial charge < -0.3 is 15.1 Å². The third-order valence-corrected chi connectivity index (χ3v) is 9.88. The highest BCUT2D eigenvalue weighted by Gasteiger charge is 2.55. The fourth-order valence-corrected chi connectivity index (χ4v) is 6.90. The van der Waals surface area contributed by atoms with Gasteiger partial charge in [-0.15, -0.1) is 0 Å². The van der Waals surface area contributed by atoms with Gasteiger partial charge in [0.25, 0.3) is 0 Å². The Hall–Kier alpha value is -2.55. The lowest BCUT2D eigenvalue weighted by atomic mass is 9.58. The molecule has 35 heavy (non-hydrogen) atoms. The van der Waals surface area contributed by atoms with Gasteiger partial charge in [0, 0.05) is 13.1 Å². The number of carbonyl (C=O) groups excluding carboxylic acids is 2. The van der Waals surface area contributed by atoms with Gasteiger partial charge in [-0.25, -0.2) is 4.79 Å². The van der Waals surface area contributed by atoms with Gasteiger partial charge in [0.1, 0.15) is 12.1 Å². The van der Waals surface area contributed by atoms with Gasteiger partial charge in [0.2, 0.25) is 5.91 Å². The molecule has 0 bridgehead atoms. The molecular weight excluding hydrogens is 436 g/mol. The van der Waals surface area contributed by atoms with Gasteiger partial charge in [-0.3, -0.25) is 4.79 Å². The molecule has 1 aromatic carbocycles. The standard InChI is InChI=1S/C29H40N4O2/c1-3-22(2)29(24-10-5-4-6-11-24)16-14-28(15-17-29)21-32(19-25(34)31-27(20-30)12-13-27)26(35)33(28)18-23-8-7-9-23/h4-6,10-11,22-23H,3,7-9,12-19,21H2,1-2H3,(H,31,34). The maximum absolute atomic E-state index is 13.7. The topological polar surface area (TPSA) is 76.4 Å². The van der Waals surface area contributed by atoms with Gasteiger partial charge in [-0.05, 0) is 74.2 Å². The lowest BCUT2D eigenvalue weighted by molar-refractivity contribution is -0.122. The van der Waals surface area contributed by atoms with Gasteiger partial charge in [-0.2, -0.15) is 5.26 Å². The van der Waals surface area contributed by atoms with Crippen LogP contribution in [0.3, 0.4) is 0 Å². The Morgan fingerprint density at radius 2 is 1.83 bits per heavy atom. The molecule has 4 aliphatic rings. The average molecular weight is 477 g/mol. The van der Waals surface area contributed by atoms with Crippen LogP contribution in [0.2, 0.25) is 0 Å². The molecule has 1 spiro atoms. The molecule has 5 rings (SSSR count). The molecule has 6 heteroatoms. The molecule has 3 amide bonds. The molecule has 1 saturated heterocycles. The first-order valence-corrected chi connectivity index (χ1v) is 13.7. The van der Waals surface area contributed by atoms with E-state index in [1.165, 1.54) is 24.8 Å². The molecule has 1 N–H and O–H groups in total. The molecule has 3 aliphatic carbocycles. The summed E-state index contributed by atoms with van der Waals surface area (Å²) in [6.07, 6.45) is 10.3. The first-order valence-electron chi connectivity index (χ1n) is 13.7. The van der Waals surface area contributed by atoms with Crippen LogP contribution in [0, 0.1) is 23.2 Å². The van der Waals surface area contributed by atoms with E-state index in [9.17, 15) is 14.9 Å². The second kappa shape index (κ2) is 9.15. The van der Waals surface area contributed by atoms with E-state index < -0.39 is 5.54 Å². The number of hydrogen-bond donors (Lipinski definition) is 1. The zero-order valence-corrected chi connectivity index (χ0v) is 21.4. The fourth-order valence-electron chi connectivity index (χ4n) is 6.90. The molecule has 4 fully saturated rings. The van der Waals surface area contributed by atoms with E-state index in [1.807, 2.05) is 0 Å². The molecule has 188 valence electrons. The molecule has 6 nitrogen and oxygen atoms in total. The third kappa shape index (κ3) is 4.32. The Morgan fingerprint density at radius 1 is 1.14 bits per heavy atom. The first-order chi connectivity index (χ1) is 16.9. The molecule has 1 heterocycles. The van der Waals surface area contributed by atoms with Crippen LogP contribution in [0.25, 0.3) is 0 Å². The Kier molecular flexibility index (Phi) is 6.32. The van der Waals surface area contributed by atoms with E-state index in [1.54, 1.807) is 4.90 Å². The van der Waals surface area contributed by atoms with Crippen molar-refractivity contribution >= 4 is 11.9 Å². The quantitative estimate of drug-likeness (QED) is 0.574. The van der Waals surface area contributed by atoms with Crippen molar-refractivity contribution in [3.63, 3.8) is 0 Å². The number of urea groups is 1. The highest BCUT2D eigenvalue weighted by atomic mass is 16.2. The number of nitriles is 1. The Bertz CT molecular complexity index is 984. The van der Waals surface area contributed by atoms with Crippen molar-refractivity contribution in [2.75, 3.05) is 19.6 Å². The number of benzene rings is 1. The molecule has 1 atom stereocenters. The molecule has 3 saturated carbocycles. The zero-order valence-electron chi connectivity index (χ0n) is 21.4. The molecule has 0 aromatic heterocycles. The van der Waals surface area contributed by atoms with Gasteiger partial charge in [-0.1, -0.05) is 57.0 Å². The minimum Gasteiger partial charge on any atom is -0.336 e. The number of nitrogens with one attached hydrogen (secondary N) is 1. The van der Waals surface area contributed by atoms with Crippen LogP contribution in [0.5, 0.6) is 0 Å². The van der Waals surface area contributed by atoms with E-state index in [4.69, 9.17) is 0 Å². The van der Waals surface area contributed by atoms with Crippen LogP contribution >= 0.6 is 0 Å². The molecule has 1 aromatic rings. The van der Waals surface area contributed by atoms with E-state index in [0.717, 1.165) is 38.6 Å². The molecule has 0 radical (unpaired) electrons. The van der Waals surface area contributed by atoms with Gasteiger partial charge in [0.05, 0.1) is 11.6 Å². The smallest absolute Gasteiger partial charge is 0.321 e. The summed E-state index contributed by atoms with van der Waals surface area (Å²) >= 11 is 0. The second-order valence-corrected chi connectivity index (χ2v) is 11.8. The lowest BCUT2D eigenvalue weighted by Gasteiger charge is -2.51. The molecule has 1 unspecified atom stereocenters. The van der Waals surface area contributed by atoms with Gasteiger partial charge in [0.15, 0.2) is 0 Å². The monoisotopic (exact) mass is 476 g/mol. The third-order valence-electron chi connectivity index (χ3n) is 9.88. The first kappa shape index (κ1) is 24.2. The van der Waals surface area contributed by atoms with Crippen molar-refractivity contribution in [3.05, 3.63) is 35.9 Å². The normalized spacial score (nSPS) is 30.6. The SMILES string of the molecule is CCC(C)C1(c2ccccc2)CCC2(CC1)CN(CC(=O)NC1(C#N)CC1)C(=O)N2CC1CCC1. The maximum Gasteiger partial charge on any atom is 0.321 e. The minimum atomic E-state index is -0.695. The van der Waals surface area contributed by atoms with Crippen molar-refractivity contribution in [1.29, 1.82) is 5.26 Å². The van der Waals surface area contributed by atoms with Crippen molar-refractivity contribution in [2.45, 2.75) is 94.5 Å². The van der Waals surface area contributed by atoms with Crippen molar-refractivity contribution in [3.8, 4) is 6.07 Å². The summed E-state index contributed by atoms with van der Waals surface area (Å²) in [5.74, 6) is 0.961. The largest absolute Gasteiger partial charge is 0.336 e. The van der Waals surface area contributed by atoms with Crippen LogP contribution in [0.1, 0.15) is 83.6 Å². The Balaban J connectivity index is 1.36. The maximum atomic E-state index is 13.7. The Labute approximate surface area is 210 Å². The van der Waals surface area contributed by atoms with Crippen molar-refractivity contribution in [1.82, 2.24) is 15.1 Å². The van der Waals surface area contributed by atoms with Crippen LogP contribution in [0.4, 0.5) is 4.79 Å². The summed E-state index contributed by atoms with van der Waals surface area (Å²) in [4.78, 5) is 30.4. The fraction of sp³-hybridized carbons (Fsp3) is 0.690. The van der Waals surface area contributed by atoms with Crippen molar-refractivity contribution in [2.24, 2.45) is 11.8 Å². The van der Waals surface area contributed by atoms with E-state index in [-0.39, 0.29) is 29.4 Å². The molecule has 1 aliphatic heterocycles. The number of amides is 3. The van der Waals surface area contributed by atoms with Gasteiger partial charge >= 0.3 is 6.03 Å². The van der Waals surface area contributed by atoms with E-state index in [2.05, 4.69) is 60.5 Å². The number of rotatable bonds is 8. The highest BCUT2D eigenvalue weighted by Crippen LogP contribution is 2.52. The summed E-state index contributed by atoms with van der Waals surface area (Å²) in [5.41, 5.74) is 0.689. The predicted octanol–water partition coefficient (Wildman–Crippen LogP) is 4.99. The summed E-state index contributed by atoms with van der Waals surface area (Å²) in [6, 6.07) is 13.2. The number of nitrogens with zero attached hydrogens (tertiary/aromatic N) is 3. The Morgan fingerprint density at radius 3 is 2.37 bits per heavy atom. The summed E-state index contributed by atoms with van der Waals surface area (Å²) in [7, 11) is 0. The predicted molar refractivity (Wildman–Crippen MR) is 136 cm³/mol. The van der Waals surface area contributed by atoms with Crippen LogP contribution < -0.4 is 5.32 Å². The average Bonchev–Trinajstić information content (AvgIpc) is 3.57. The van der Waals surface area contributed by atoms with E-state index in [0.29, 0.717) is 31.2 Å². The molecular formula is C29H40N4O2. The lowest BCUT2D eigenvalue weighted by Crippen LogP contribution is -2.55. The summed E-state index contributed by atoms with van der Waals surface area (Å²) in [6.45, 7) is 6.17. The second-order valence-electron chi connectivity index (χ2n) is 11.8. The minimum absolute atomic E-state index is 0.0182. The van der Waals surface area contributed by atoms with Crippen LogP contribution in [-0.4, -0.2) is 52.5 Å². The van der Waals surface area contributed by atoms with Crippen LogP contribution in [-0.2, 0) is 10.2 Å². The summed E-state index contributed by atoms with van der Waals surface area (Å²) in [5, 5.41) is 12.2. The zero-order chi connectivity index (χ0) is 24.7. The summed E-state index contributed by atoms with van der Waals surface area (Å²) < 4.78 is 0. The number of carbonyl (C=O) groups is 2. The number of hydrogen-bond acceptors (Lipinski definition) is 3. The van der Waals surface area contributed by atoms with Crippen molar-refractivity contribution < 1.29 is 9.59 Å². The highest BCUT2D eigenvalue weighted by molar-refractivity contribution is 5.86. The van der Waals surface area contributed by atoms with Crippen LogP contribution in [0.15, 0.2) is 30.3 Å².